The largest absolute Gasteiger partial charge is 0.414 e. The molecule has 0 amide bonds. The quantitative estimate of drug-likeness (QED) is 0.685. The van der Waals surface area contributed by atoms with Gasteiger partial charge in [0.25, 0.3) is 0 Å². The van der Waals surface area contributed by atoms with Gasteiger partial charge >= 0.3 is 0 Å². The number of aliphatic hydroxyl groups is 3. The molecule has 3 N–H and O–H groups in total. The Balaban J connectivity index is 0.000000262. The fraction of sp³-hybridized carbons (Fsp3) is 1.00. The molecule has 4 atom stereocenters. The highest BCUT2D eigenvalue weighted by molar-refractivity contribution is 6.74. The van der Waals surface area contributed by atoms with Crippen molar-refractivity contribution in [2.75, 3.05) is 0 Å². The van der Waals surface area contributed by atoms with Gasteiger partial charge in [-0.1, -0.05) is 20.8 Å². The lowest BCUT2D eigenvalue weighted by Gasteiger charge is -2.38. The zero-order valence-electron chi connectivity index (χ0n) is 14.3. The Labute approximate surface area is 130 Å². The first-order chi connectivity index (χ1) is 9.51. The first-order valence-corrected chi connectivity index (χ1v) is 11.1. The monoisotopic (exact) mass is 318 g/mol. The summed E-state index contributed by atoms with van der Waals surface area (Å²) in [5.74, 6) is 0. The maximum Gasteiger partial charge on any atom is 0.192 e. The molecule has 2 fully saturated rings. The summed E-state index contributed by atoms with van der Waals surface area (Å²) in [6, 6.07) is 0. The highest BCUT2D eigenvalue weighted by atomic mass is 28.4. The van der Waals surface area contributed by atoms with E-state index in [0.29, 0.717) is 12.5 Å². The van der Waals surface area contributed by atoms with Crippen LogP contribution in [0.3, 0.4) is 0 Å². The molecule has 2 rings (SSSR count). The number of rotatable bonds is 2. The van der Waals surface area contributed by atoms with Crippen molar-refractivity contribution < 1.29 is 19.7 Å². The van der Waals surface area contributed by atoms with Gasteiger partial charge in [0.15, 0.2) is 8.32 Å². The molecule has 0 aromatic rings. The summed E-state index contributed by atoms with van der Waals surface area (Å²) in [7, 11) is -1.61. The predicted molar refractivity (Wildman–Crippen MR) is 87.8 cm³/mol. The normalized spacial score (nSPS) is 33.7. The molecule has 0 radical (unpaired) electrons. The molecule has 0 saturated heterocycles. The van der Waals surface area contributed by atoms with Crippen LogP contribution in [-0.4, -0.2) is 48.1 Å². The maximum absolute atomic E-state index is 9.43. The van der Waals surface area contributed by atoms with E-state index in [1.807, 2.05) is 0 Å². The van der Waals surface area contributed by atoms with Gasteiger partial charge < -0.3 is 19.7 Å². The molecule has 21 heavy (non-hydrogen) atoms. The van der Waals surface area contributed by atoms with Crippen LogP contribution in [0.5, 0.6) is 0 Å². The molecular formula is C16H34O4Si. The second-order valence-corrected chi connectivity index (χ2v) is 12.8. The van der Waals surface area contributed by atoms with Gasteiger partial charge in [0.2, 0.25) is 0 Å². The standard InChI is InChI=1S/C11H24O2Si.C5H10O2/c1-11(2,3)14(4,5)13-10-7-6-9(12)8-10;6-4-1-2-5(7)3-4/h9-10,12H,6-8H2,1-5H3;4-7H,1-3H2. The number of aliphatic hydroxyl groups excluding tert-OH is 3. The van der Waals surface area contributed by atoms with Crippen molar-refractivity contribution in [1.29, 1.82) is 0 Å². The lowest BCUT2D eigenvalue weighted by atomic mass is 10.2. The van der Waals surface area contributed by atoms with Gasteiger partial charge in [-0.25, -0.2) is 0 Å². The fourth-order valence-electron chi connectivity index (χ4n) is 2.55. The Bertz CT molecular complexity index is 306. The maximum atomic E-state index is 9.43. The summed E-state index contributed by atoms with van der Waals surface area (Å²) in [6.45, 7) is 11.3. The fourth-order valence-corrected chi connectivity index (χ4v) is 3.95. The van der Waals surface area contributed by atoms with E-state index >= 15 is 0 Å². The van der Waals surface area contributed by atoms with Crippen molar-refractivity contribution in [2.24, 2.45) is 0 Å². The molecule has 2 aliphatic carbocycles. The molecule has 2 aliphatic rings. The lowest BCUT2D eigenvalue weighted by Crippen LogP contribution is -2.43. The van der Waals surface area contributed by atoms with Gasteiger partial charge in [-0.3, -0.25) is 0 Å². The van der Waals surface area contributed by atoms with Gasteiger partial charge in [-0.15, -0.1) is 0 Å². The number of hydrogen-bond donors (Lipinski definition) is 3. The second-order valence-electron chi connectivity index (χ2n) is 8.09. The molecule has 4 unspecified atom stereocenters. The van der Waals surface area contributed by atoms with E-state index < -0.39 is 8.32 Å². The number of hydrogen-bond acceptors (Lipinski definition) is 4. The highest BCUT2D eigenvalue weighted by Gasteiger charge is 2.40. The first kappa shape index (κ1) is 19.1. The molecule has 0 bridgehead atoms. The predicted octanol–water partition coefficient (Wildman–Crippen LogP) is 2.81. The molecule has 0 aromatic carbocycles. The Morgan fingerprint density at radius 1 is 0.810 bits per heavy atom. The molecular weight excluding hydrogens is 284 g/mol. The van der Waals surface area contributed by atoms with Gasteiger partial charge in [0.1, 0.15) is 0 Å². The van der Waals surface area contributed by atoms with Crippen LogP contribution in [0.15, 0.2) is 0 Å². The van der Waals surface area contributed by atoms with Crippen molar-refractivity contribution >= 4 is 8.32 Å². The molecule has 0 aromatic heterocycles. The highest BCUT2D eigenvalue weighted by Crippen LogP contribution is 2.39. The molecule has 5 heteroatoms. The van der Waals surface area contributed by atoms with Gasteiger partial charge in [0, 0.05) is 6.10 Å². The van der Waals surface area contributed by atoms with Crippen LogP contribution in [0, 0.1) is 0 Å². The summed E-state index contributed by atoms with van der Waals surface area (Å²) in [5.41, 5.74) is 0. The van der Waals surface area contributed by atoms with E-state index in [0.717, 1.165) is 32.1 Å². The van der Waals surface area contributed by atoms with Crippen molar-refractivity contribution in [3.05, 3.63) is 0 Å². The Hall–Kier alpha value is 0.0569. The minimum Gasteiger partial charge on any atom is -0.414 e. The third-order valence-electron chi connectivity index (χ3n) is 5.00. The average molecular weight is 319 g/mol. The van der Waals surface area contributed by atoms with Gasteiger partial charge in [0.05, 0.1) is 18.3 Å². The summed E-state index contributed by atoms with van der Waals surface area (Å²) in [5, 5.41) is 27.2. The molecule has 0 heterocycles. The zero-order valence-corrected chi connectivity index (χ0v) is 15.3. The van der Waals surface area contributed by atoms with E-state index in [1.54, 1.807) is 0 Å². The van der Waals surface area contributed by atoms with Crippen LogP contribution < -0.4 is 0 Å². The van der Waals surface area contributed by atoms with E-state index in [-0.39, 0.29) is 23.4 Å². The van der Waals surface area contributed by atoms with Crippen LogP contribution in [0.2, 0.25) is 18.1 Å². The smallest absolute Gasteiger partial charge is 0.192 e. The van der Waals surface area contributed by atoms with E-state index in [2.05, 4.69) is 33.9 Å². The zero-order chi connectivity index (χ0) is 16.3. The topological polar surface area (TPSA) is 69.9 Å². The van der Waals surface area contributed by atoms with Crippen LogP contribution >= 0.6 is 0 Å². The average Bonchev–Trinajstić information content (AvgIpc) is 2.86. The van der Waals surface area contributed by atoms with E-state index in [1.165, 1.54) is 0 Å². The lowest BCUT2D eigenvalue weighted by molar-refractivity contribution is 0.137. The van der Waals surface area contributed by atoms with Crippen LogP contribution in [0.25, 0.3) is 0 Å². The first-order valence-electron chi connectivity index (χ1n) is 8.23. The third-order valence-corrected chi connectivity index (χ3v) is 9.54. The minimum atomic E-state index is -1.61. The summed E-state index contributed by atoms with van der Waals surface area (Å²) >= 11 is 0. The summed E-state index contributed by atoms with van der Waals surface area (Å²) in [4.78, 5) is 0. The Morgan fingerprint density at radius 2 is 1.24 bits per heavy atom. The molecule has 4 nitrogen and oxygen atoms in total. The molecule has 0 spiro atoms. The van der Waals surface area contributed by atoms with Crippen molar-refractivity contribution in [1.82, 2.24) is 0 Å². The van der Waals surface area contributed by atoms with Crippen LogP contribution in [0.4, 0.5) is 0 Å². The third kappa shape index (κ3) is 6.36. The van der Waals surface area contributed by atoms with Gasteiger partial charge in [-0.2, -0.15) is 0 Å². The Kier molecular flexibility index (Phi) is 6.87. The second kappa shape index (κ2) is 7.55. The molecule has 126 valence electrons. The van der Waals surface area contributed by atoms with Crippen molar-refractivity contribution in [3.8, 4) is 0 Å². The molecule has 2 saturated carbocycles. The van der Waals surface area contributed by atoms with E-state index in [4.69, 9.17) is 14.6 Å². The van der Waals surface area contributed by atoms with Crippen LogP contribution in [-0.2, 0) is 4.43 Å². The Morgan fingerprint density at radius 3 is 1.52 bits per heavy atom. The summed E-state index contributed by atoms with van der Waals surface area (Å²) in [6.07, 6.45) is 4.67. The van der Waals surface area contributed by atoms with E-state index in [9.17, 15) is 5.11 Å². The van der Waals surface area contributed by atoms with Crippen molar-refractivity contribution in [3.63, 3.8) is 0 Å². The molecule has 0 aliphatic heterocycles. The van der Waals surface area contributed by atoms with Crippen molar-refractivity contribution in [2.45, 2.75) is 102 Å². The SMILES string of the molecule is CC(C)(C)[Si](C)(C)OC1CCC(O)C1.OC1CCC(O)C1. The van der Waals surface area contributed by atoms with Crippen LogP contribution in [0.1, 0.15) is 59.3 Å². The minimum absolute atomic E-state index is 0.121. The summed E-state index contributed by atoms with van der Waals surface area (Å²) < 4.78 is 6.21. The van der Waals surface area contributed by atoms with Gasteiger partial charge in [-0.05, 0) is 56.7 Å².